The molecule has 5 nitrogen and oxygen atoms in total. The molecule has 2 aliphatic rings. The second-order valence-electron chi connectivity index (χ2n) is 8.01. The quantitative estimate of drug-likeness (QED) is 0.530. The molecule has 0 radical (unpaired) electrons. The van der Waals surface area contributed by atoms with Gasteiger partial charge in [0.1, 0.15) is 11.6 Å². The van der Waals surface area contributed by atoms with Crippen LogP contribution in [-0.2, 0) is 16.1 Å². The molecule has 6 rings (SSSR count). The third-order valence-corrected chi connectivity index (χ3v) is 6.48. The molecular formula is C24H18N2O3. The van der Waals surface area contributed by atoms with E-state index in [-0.39, 0.29) is 23.8 Å². The third kappa shape index (κ3) is 2.18. The van der Waals surface area contributed by atoms with Gasteiger partial charge in [-0.2, -0.15) is 0 Å². The van der Waals surface area contributed by atoms with E-state index in [9.17, 15) is 14.4 Å². The Balaban J connectivity index is 1.59. The topological polar surface area (TPSA) is 71.9 Å². The van der Waals surface area contributed by atoms with Crippen molar-refractivity contribution in [1.29, 1.82) is 0 Å². The van der Waals surface area contributed by atoms with Crippen molar-refractivity contribution in [2.45, 2.75) is 31.2 Å². The minimum Gasteiger partial charge on any atom is -0.361 e. The van der Waals surface area contributed by atoms with Gasteiger partial charge in [-0.15, -0.1) is 0 Å². The standard InChI is InChI=1S/C24H18N2O3/c27-19-8-9-26-12-17(14-5-3-6-15(19)24(14)26)23-21(29)10-20(28)22(23)16-11-25-18-7-2-1-4-13(16)18/h1-7,11-12,22-23,25H,8-10H2/t22-,23-/m0/s1. The fourth-order valence-electron chi connectivity index (χ4n) is 5.21. The summed E-state index contributed by atoms with van der Waals surface area (Å²) >= 11 is 0. The highest BCUT2D eigenvalue weighted by Crippen LogP contribution is 2.46. The van der Waals surface area contributed by atoms with Gasteiger partial charge in [0.05, 0.1) is 23.8 Å². The van der Waals surface area contributed by atoms with E-state index in [4.69, 9.17) is 0 Å². The molecule has 2 atom stereocenters. The van der Waals surface area contributed by atoms with E-state index < -0.39 is 11.8 Å². The minimum absolute atomic E-state index is 0.0345. The number of hydrogen-bond acceptors (Lipinski definition) is 3. The lowest BCUT2D eigenvalue weighted by Crippen LogP contribution is -2.14. The molecule has 1 N–H and O–H groups in total. The number of rotatable bonds is 2. The summed E-state index contributed by atoms with van der Waals surface area (Å²) in [5.41, 5.74) is 4.30. The predicted octanol–water partition coefficient (Wildman–Crippen LogP) is 4.12. The van der Waals surface area contributed by atoms with Crippen LogP contribution in [0.15, 0.2) is 54.9 Å². The maximum atomic E-state index is 13.0. The van der Waals surface area contributed by atoms with Crippen molar-refractivity contribution in [3.05, 3.63) is 71.5 Å². The van der Waals surface area contributed by atoms with Gasteiger partial charge in [-0.05, 0) is 23.3 Å². The number of aromatic nitrogens is 2. The molecule has 0 unspecified atom stereocenters. The Bertz CT molecular complexity index is 1360. The molecule has 1 saturated carbocycles. The molecule has 0 saturated heterocycles. The molecule has 1 aliphatic heterocycles. The number of aromatic amines is 1. The lowest BCUT2D eigenvalue weighted by Gasteiger charge is -2.17. The van der Waals surface area contributed by atoms with Crippen LogP contribution in [0.25, 0.3) is 21.8 Å². The zero-order valence-corrected chi connectivity index (χ0v) is 15.6. The summed E-state index contributed by atoms with van der Waals surface area (Å²) in [6.07, 6.45) is 4.28. The second kappa shape index (κ2) is 5.77. The average molecular weight is 382 g/mol. The molecule has 3 heterocycles. The third-order valence-electron chi connectivity index (χ3n) is 6.48. The van der Waals surface area contributed by atoms with Crippen molar-refractivity contribution in [3.8, 4) is 0 Å². The van der Waals surface area contributed by atoms with Crippen LogP contribution >= 0.6 is 0 Å². The monoisotopic (exact) mass is 382 g/mol. The van der Waals surface area contributed by atoms with Crippen LogP contribution in [0.3, 0.4) is 0 Å². The molecule has 142 valence electrons. The molecule has 1 fully saturated rings. The predicted molar refractivity (Wildman–Crippen MR) is 109 cm³/mol. The molecule has 0 bridgehead atoms. The molecule has 29 heavy (non-hydrogen) atoms. The van der Waals surface area contributed by atoms with E-state index in [0.29, 0.717) is 18.5 Å². The number of aryl methyl sites for hydroxylation is 1. The summed E-state index contributed by atoms with van der Waals surface area (Å²) in [7, 11) is 0. The smallest absolute Gasteiger partial charge is 0.166 e. The lowest BCUT2D eigenvalue weighted by molar-refractivity contribution is -0.122. The maximum Gasteiger partial charge on any atom is 0.166 e. The van der Waals surface area contributed by atoms with Gasteiger partial charge in [-0.25, -0.2) is 0 Å². The number of carbonyl (C=O) groups excluding carboxylic acids is 3. The van der Waals surface area contributed by atoms with Crippen molar-refractivity contribution in [2.24, 2.45) is 0 Å². The molecule has 0 amide bonds. The number of H-pyrrole nitrogens is 1. The highest BCUT2D eigenvalue weighted by molar-refractivity contribution is 6.17. The van der Waals surface area contributed by atoms with E-state index in [0.717, 1.165) is 32.9 Å². The van der Waals surface area contributed by atoms with Crippen LogP contribution in [0.2, 0.25) is 0 Å². The van der Waals surface area contributed by atoms with Gasteiger partial charge < -0.3 is 9.55 Å². The first kappa shape index (κ1) is 16.5. The maximum absolute atomic E-state index is 13.0. The summed E-state index contributed by atoms with van der Waals surface area (Å²) in [6, 6.07) is 13.5. The van der Waals surface area contributed by atoms with E-state index in [2.05, 4.69) is 9.55 Å². The molecular weight excluding hydrogens is 364 g/mol. The minimum atomic E-state index is -0.520. The van der Waals surface area contributed by atoms with Crippen LogP contribution in [0.1, 0.15) is 46.2 Å². The van der Waals surface area contributed by atoms with Crippen molar-refractivity contribution in [1.82, 2.24) is 9.55 Å². The average Bonchev–Trinajstić information content (AvgIpc) is 3.38. The Morgan fingerprint density at radius 3 is 2.48 bits per heavy atom. The van der Waals surface area contributed by atoms with Crippen molar-refractivity contribution in [3.63, 3.8) is 0 Å². The molecule has 1 aliphatic carbocycles. The zero-order chi connectivity index (χ0) is 19.7. The van der Waals surface area contributed by atoms with E-state index in [1.54, 1.807) is 0 Å². The first-order chi connectivity index (χ1) is 14.1. The van der Waals surface area contributed by atoms with Crippen molar-refractivity contribution < 1.29 is 14.4 Å². The van der Waals surface area contributed by atoms with Crippen LogP contribution < -0.4 is 0 Å². The Morgan fingerprint density at radius 1 is 0.862 bits per heavy atom. The van der Waals surface area contributed by atoms with E-state index >= 15 is 0 Å². The van der Waals surface area contributed by atoms with Gasteiger partial charge in [0.25, 0.3) is 0 Å². The number of carbonyl (C=O) groups is 3. The molecule has 4 aromatic rings. The Labute approximate surface area is 166 Å². The van der Waals surface area contributed by atoms with Crippen LogP contribution in [0.5, 0.6) is 0 Å². The molecule has 5 heteroatoms. The van der Waals surface area contributed by atoms with Crippen molar-refractivity contribution in [2.75, 3.05) is 0 Å². The number of nitrogens with one attached hydrogen (secondary N) is 1. The number of hydrogen-bond donors (Lipinski definition) is 1. The molecule has 2 aromatic carbocycles. The Morgan fingerprint density at radius 2 is 1.62 bits per heavy atom. The van der Waals surface area contributed by atoms with Gasteiger partial charge in [0, 0.05) is 47.2 Å². The van der Waals surface area contributed by atoms with Gasteiger partial charge >= 0.3 is 0 Å². The normalized spacial score (nSPS) is 21.6. The van der Waals surface area contributed by atoms with Crippen molar-refractivity contribution >= 4 is 39.2 Å². The second-order valence-corrected chi connectivity index (χ2v) is 8.01. The van der Waals surface area contributed by atoms with E-state index in [1.807, 2.05) is 54.9 Å². The Kier molecular flexibility index (Phi) is 3.28. The number of ketones is 3. The molecule has 2 aromatic heterocycles. The summed E-state index contributed by atoms with van der Waals surface area (Å²) in [4.78, 5) is 41.6. The first-order valence-electron chi connectivity index (χ1n) is 9.90. The number of para-hydroxylation sites is 2. The number of fused-ring (bicyclic) bond motifs is 1. The largest absolute Gasteiger partial charge is 0.361 e. The number of nitrogens with zero attached hydrogens (tertiary/aromatic N) is 1. The van der Waals surface area contributed by atoms with Gasteiger partial charge in [-0.3, -0.25) is 14.4 Å². The summed E-state index contributed by atoms with van der Waals surface area (Å²) in [5, 5.41) is 1.89. The first-order valence-corrected chi connectivity index (χ1v) is 9.90. The molecule has 0 spiro atoms. The van der Waals surface area contributed by atoms with Crippen LogP contribution in [-0.4, -0.2) is 26.9 Å². The lowest BCUT2D eigenvalue weighted by atomic mass is 9.83. The van der Waals surface area contributed by atoms with Gasteiger partial charge in [-0.1, -0.05) is 30.3 Å². The number of benzene rings is 2. The van der Waals surface area contributed by atoms with Crippen LogP contribution in [0, 0.1) is 0 Å². The fourth-order valence-corrected chi connectivity index (χ4v) is 5.21. The fraction of sp³-hybridized carbons (Fsp3) is 0.208. The summed E-state index contributed by atoms with van der Waals surface area (Å²) in [5.74, 6) is -0.963. The van der Waals surface area contributed by atoms with Crippen LogP contribution in [0.4, 0.5) is 0 Å². The van der Waals surface area contributed by atoms with E-state index in [1.165, 1.54) is 0 Å². The Hall–Kier alpha value is -3.47. The summed E-state index contributed by atoms with van der Waals surface area (Å²) < 4.78 is 2.07. The number of Topliss-reactive ketones (excluding diaryl/α,β-unsaturated/α-hetero) is 3. The zero-order valence-electron chi connectivity index (χ0n) is 15.6. The SMILES string of the molecule is O=C1CCn2cc([C@H]3C(=O)CC(=O)[C@@H]3c3c[nH]c4ccccc34)c3cccc1c32. The highest BCUT2D eigenvalue weighted by atomic mass is 16.2. The van der Waals surface area contributed by atoms with Gasteiger partial charge in [0.2, 0.25) is 0 Å². The van der Waals surface area contributed by atoms with Gasteiger partial charge in [0.15, 0.2) is 5.78 Å². The summed E-state index contributed by atoms with van der Waals surface area (Å²) in [6.45, 7) is 0.610. The highest BCUT2D eigenvalue weighted by Gasteiger charge is 2.45.